The number of hydrogen-bond donors (Lipinski definition) is 0. The van der Waals surface area contributed by atoms with Crippen molar-refractivity contribution in [2.75, 3.05) is 21.3 Å². The van der Waals surface area contributed by atoms with Crippen LogP contribution in [0.1, 0.15) is 5.69 Å². The first-order valence-corrected chi connectivity index (χ1v) is 9.98. The van der Waals surface area contributed by atoms with E-state index in [0.29, 0.717) is 45.2 Å². The molecule has 33 heavy (non-hydrogen) atoms. The normalized spacial score (nSPS) is 11.2. The summed E-state index contributed by atoms with van der Waals surface area (Å²) < 4.78 is 23.4. The van der Waals surface area contributed by atoms with Crippen LogP contribution in [0.5, 0.6) is 17.2 Å². The van der Waals surface area contributed by atoms with E-state index < -0.39 is 5.63 Å². The van der Waals surface area contributed by atoms with Crippen LogP contribution in [0.15, 0.2) is 51.7 Å². The first-order valence-electron chi connectivity index (χ1n) is 9.98. The fourth-order valence-electron chi connectivity index (χ4n) is 3.72. The molecule has 3 aromatic heterocycles. The number of ether oxygens (including phenoxy) is 3. The van der Waals surface area contributed by atoms with E-state index in [9.17, 15) is 4.79 Å². The Bertz CT molecular complexity index is 1530. The molecule has 0 atom stereocenters. The molecule has 10 heteroatoms. The van der Waals surface area contributed by atoms with Crippen molar-refractivity contribution in [3.8, 4) is 34.4 Å². The van der Waals surface area contributed by atoms with Gasteiger partial charge in [-0.3, -0.25) is 0 Å². The predicted molar refractivity (Wildman–Crippen MR) is 120 cm³/mol. The molecule has 0 aliphatic carbocycles. The lowest BCUT2D eigenvalue weighted by molar-refractivity contribution is 0.324. The van der Waals surface area contributed by atoms with Gasteiger partial charge >= 0.3 is 5.63 Å². The van der Waals surface area contributed by atoms with Gasteiger partial charge in [0.05, 0.1) is 32.7 Å². The maximum absolute atomic E-state index is 13.0. The quantitative estimate of drug-likeness (QED) is 0.402. The molecule has 0 saturated carbocycles. The van der Waals surface area contributed by atoms with Crippen LogP contribution in [0.3, 0.4) is 0 Å². The number of aryl methyl sites for hydroxylation is 1. The summed E-state index contributed by atoms with van der Waals surface area (Å²) in [5, 5.41) is 8.76. The van der Waals surface area contributed by atoms with Crippen LogP contribution in [0.25, 0.3) is 39.2 Å². The van der Waals surface area contributed by atoms with Crippen molar-refractivity contribution in [3.05, 3.63) is 58.6 Å². The summed E-state index contributed by atoms with van der Waals surface area (Å²) in [7, 11) is 4.52. The molecule has 0 aliphatic rings. The maximum atomic E-state index is 13.0. The Morgan fingerprint density at radius 3 is 2.24 bits per heavy atom. The zero-order valence-corrected chi connectivity index (χ0v) is 18.3. The van der Waals surface area contributed by atoms with Gasteiger partial charge in [0.1, 0.15) is 10.9 Å². The molecule has 166 valence electrons. The van der Waals surface area contributed by atoms with Gasteiger partial charge in [-0.05, 0) is 31.2 Å². The molecule has 0 spiro atoms. The second-order valence-corrected chi connectivity index (χ2v) is 7.15. The summed E-state index contributed by atoms with van der Waals surface area (Å²) in [6, 6.07) is 12.8. The second kappa shape index (κ2) is 7.90. The van der Waals surface area contributed by atoms with Gasteiger partial charge in [0.25, 0.3) is 0 Å². The van der Waals surface area contributed by atoms with Crippen LogP contribution in [0, 0.1) is 6.92 Å². The largest absolute Gasteiger partial charge is 0.493 e. The predicted octanol–water partition coefficient (Wildman–Crippen LogP) is 3.32. The van der Waals surface area contributed by atoms with Crippen LogP contribution < -0.4 is 19.8 Å². The number of fused-ring (bicyclic) bond motifs is 3. The Balaban J connectivity index is 1.79. The first-order chi connectivity index (χ1) is 16.0. The van der Waals surface area contributed by atoms with E-state index in [4.69, 9.17) is 18.6 Å². The van der Waals surface area contributed by atoms with Gasteiger partial charge in [0.15, 0.2) is 22.7 Å². The van der Waals surface area contributed by atoms with Crippen molar-refractivity contribution in [2.45, 2.75) is 6.92 Å². The van der Waals surface area contributed by atoms with Crippen LogP contribution in [-0.4, -0.2) is 46.3 Å². The fraction of sp³-hybridized carbons (Fsp3) is 0.174. The minimum absolute atomic E-state index is 0.0768. The lowest BCUT2D eigenvalue weighted by Gasteiger charge is -2.13. The standard InChI is InChI=1S/C23H19N5O5/c1-12-17-18(19-21(24-12)28(27-26-19)14-8-6-5-7-9-14)25-22(33-23(17)29)13-10-15(30-2)20(32-4)16(11-13)31-3/h5-11H,1-4H3. The van der Waals surface area contributed by atoms with Crippen LogP contribution in [0.4, 0.5) is 0 Å². The summed E-state index contributed by atoms with van der Waals surface area (Å²) >= 11 is 0. The molecular weight excluding hydrogens is 426 g/mol. The maximum Gasteiger partial charge on any atom is 0.349 e. The molecule has 0 bridgehead atoms. The number of aromatic nitrogens is 5. The molecule has 0 radical (unpaired) electrons. The van der Waals surface area contributed by atoms with Gasteiger partial charge in [-0.25, -0.2) is 14.8 Å². The third-order valence-electron chi connectivity index (χ3n) is 5.26. The van der Waals surface area contributed by atoms with Crippen molar-refractivity contribution in [3.63, 3.8) is 0 Å². The molecule has 0 aliphatic heterocycles. The highest BCUT2D eigenvalue weighted by molar-refractivity contribution is 6.00. The number of rotatable bonds is 5. The summed E-state index contributed by atoms with van der Waals surface area (Å²) in [6.45, 7) is 1.72. The molecule has 2 aromatic carbocycles. The van der Waals surface area contributed by atoms with E-state index in [1.165, 1.54) is 21.3 Å². The van der Waals surface area contributed by atoms with Crippen LogP contribution in [-0.2, 0) is 0 Å². The van der Waals surface area contributed by atoms with Crippen LogP contribution in [0.2, 0.25) is 0 Å². The molecule has 0 unspecified atom stereocenters. The summed E-state index contributed by atoms with van der Waals surface area (Å²) in [5.41, 5.74) is 2.38. The summed E-state index contributed by atoms with van der Waals surface area (Å²) in [4.78, 5) is 22.2. The van der Waals surface area contributed by atoms with Crippen molar-refractivity contribution in [2.24, 2.45) is 0 Å². The van der Waals surface area contributed by atoms with Gasteiger partial charge in [-0.15, -0.1) is 5.10 Å². The summed E-state index contributed by atoms with van der Waals surface area (Å²) in [5.74, 6) is 1.30. The minimum Gasteiger partial charge on any atom is -0.493 e. The van der Waals surface area contributed by atoms with Gasteiger partial charge in [-0.1, -0.05) is 23.4 Å². The van der Waals surface area contributed by atoms with E-state index in [2.05, 4.69) is 20.3 Å². The van der Waals surface area contributed by atoms with Crippen molar-refractivity contribution < 1.29 is 18.6 Å². The van der Waals surface area contributed by atoms with Crippen molar-refractivity contribution in [1.29, 1.82) is 0 Å². The monoisotopic (exact) mass is 445 g/mol. The van der Waals surface area contributed by atoms with E-state index in [1.54, 1.807) is 23.7 Å². The highest BCUT2D eigenvalue weighted by Gasteiger charge is 2.21. The number of nitrogens with zero attached hydrogens (tertiary/aromatic N) is 5. The summed E-state index contributed by atoms with van der Waals surface area (Å²) in [6.07, 6.45) is 0. The molecule has 3 heterocycles. The third kappa shape index (κ3) is 3.23. The second-order valence-electron chi connectivity index (χ2n) is 7.15. The fourth-order valence-corrected chi connectivity index (χ4v) is 3.72. The number of methoxy groups -OCH3 is 3. The smallest absolute Gasteiger partial charge is 0.349 e. The van der Waals surface area contributed by atoms with E-state index in [-0.39, 0.29) is 11.3 Å². The van der Waals surface area contributed by atoms with Crippen molar-refractivity contribution in [1.82, 2.24) is 25.0 Å². The number of benzene rings is 2. The zero-order valence-electron chi connectivity index (χ0n) is 18.3. The molecule has 10 nitrogen and oxygen atoms in total. The number of para-hydroxylation sites is 1. The topological polar surface area (TPSA) is 114 Å². The third-order valence-corrected chi connectivity index (χ3v) is 5.26. The van der Waals surface area contributed by atoms with E-state index >= 15 is 0 Å². The van der Waals surface area contributed by atoms with E-state index in [0.717, 1.165) is 5.69 Å². The molecule has 0 amide bonds. The average molecular weight is 445 g/mol. The molecular formula is C23H19N5O5. The highest BCUT2D eigenvalue weighted by atomic mass is 16.5. The first kappa shape index (κ1) is 20.4. The average Bonchev–Trinajstić information content (AvgIpc) is 3.27. The SMILES string of the molecule is COc1cc(-c2nc3c(c(C)nc4c3nnn4-c3ccccc3)c(=O)o2)cc(OC)c1OC. The number of pyridine rings is 1. The Morgan fingerprint density at radius 1 is 0.909 bits per heavy atom. The minimum atomic E-state index is -0.579. The van der Waals surface area contributed by atoms with E-state index in [1.807, 2.05) is 30.3 Å². The van der Waals surface area contributed by atoms with Gasteiger partial charge in [0, 0.05) is 5.56 Å². The Labute approximate surface area is 187 Å². The highest BCUT2D eigenvalue weighted by Crippen LogP contribution is 2.41. The van der Waals surface area contributed by atoms with Crippen molar-refractivity contribution >= 4 is 22.1 Å². The molecule has 0 fully saturated rings. The number of hydrogen-bond acceptors (Lipinski definition) is 9. The molecule has 5 aromatic rings. The lowest BCUT2D eigenvalue weighted by Crippen LogP contribution is -2.08. The molecule has 0 saturated heterocycles. The molecule has 5 rings (SSSR count). The van der Waals surface area contributed by atoms with Gasteiger partial charge in [0.2, 0.25) is 11.6 Å². The Morgan fingerprint density at radius 2 is 1.61 bits per heavy atom. The van der Waals surface area contributed by atoms with Gasteiger partial charge in [-0.2, -0.15) is 4.68 Å². The molecule has 0 N–H and O–H groups in total. The Hall–Kier alpha value is -4.47. The zero-order chi connectivity index (χ0) is 23.1. The Kier molecular flexibility index (Phi) is 4.89. The van der Waals surface area contributed by atoms with Crippen LogP contribution >= 0.6 is 0 Å². The lowest BCUT2D eigenvalue weighted by atomic mass is 10.1. The van der Waals surface area contributed by atoms with Gasteiger partial charge < -0.3 is 18.6 Å².